The molecule has 0 radical (unpaired) electrons. The number of piperidine rings is 1. The number of nitrogens with zero attached hydrogens (tertiary/aromatic N) is 1. The van der Waals surface area contributed by atoms with Crippen molar-refractivity contribution in [2.45, 2.75) is 51.0 Å². The fraction of sp³-hybridized carbons (Fsp3) is 1.00. The molecule has 3 rings (SSSR count). The van der Waals surface area contributed by atoms with Crippen molar-refractivity contribution in [3.63, 3.8) is 0 Å². The minimum atomic E-state index is 0.569. The highest BCUT2D eigenvalue weighted by Crippen LogP contribution is 2.44. The first-order valence-corrected chi connectivity index (χ1v) is 7.90. The van der Waals surface area contributed by atoms with Crippen LogP contribution in [0.3, 0.4) is 0 Å². The number of hydrogen-bond acceptors (Lipinski definition) is 3. The summed E-state index contributed by atoms with van der Waals surface area (Å²) in [5, 5.41) is 3.57. The van der Waals surface area contributed by atoms with Crippen molar-refractivity contribution in [3.8, 4) is 0 Å². The van der Waals surface area contributed by atoms with Gasteiger partial charge in [-0.1, -0.05) is 19.3 Å². The fourth-order valence-electron chi connectivity index (χ4n) is 4.06. The Bertz CT molecular complexity index is 247. The Morgan fingerprint density at radius 3 is 2.50 bits per heavy atom. The average Bonchev–Trinajstić information content (AvgIpc) is 2.44. The molecule has 3 heteroatoms. The van der Waals surface area contributed by atoms with E-state index in [1.54, 1.807) is 0 Å². The van der Waals surface area contributed by atoms with E-state index in [0.29, 0.717) is 6.04 Å². The molecule has 18 heavy (non-hydrogen) atoms. The van der Waals surface area contributed by atoms with E-state index in [0.717, 1.165) is 25.2 Å². The van der Waals surface area contributed by atoms with Gasteiger partial charge in [0, 0.05) is 19.1 Å². The Morgan fingerprint density at radius 1 is 1.06 bits per heavy atom. The first kappa shape index (κ1) is 12.9. The summed E-state index contributed by atoms with van der Waals surface area (Å²) in [5.41, 5.74) is 0.741. The van der Waals surface area contributed by atoms with Gasteiger partial charge in [-0.15, -0.1) is 0 Å². The summed E-state index contributed by atoms with van der Waals surface area (Å²) in [5.74, 6) is 0. The molecule has 2 heterocycles. The molecule has 0 bridgehead atoms. The number of rotatable bonds is 2. The molecule has 1 unspecified atom stereocenters. The molecule has 1 atom stereocenters. The van der Waals surface area contributed by atoms with Crippen molar-refractivity contribution in [1.82, 2.24) is 10.2 Å². The zero-order chi connectivity index (χ0) is 12.3. The summed E-state index contributed by atoms with van der Waals surface area (Å²) >= 11 is 0. The van der Waals surface area contributed by atoms with Crippen LogP contribution in [0.4, 0.5) is 0 Å². The van der Waals surface area contributed by atoms with E-state index in [2.05, 4.69) is 10.2 Å². The lowest BCUT2D eigenvalue weighted by atomic mass is 9.68. The molecule has 0 aromatic carbocycles. The normalized spacial score (nSPS) is 33.7. The van der Waals surface area contributed by atoms with Crippen molar-refractivity contribution in [1.29, 1.82) is 0 Å². The van der Waals surface area contributed by atoms with E-state index in [4.69, 9.17) is 4.74 Å². The van der Waals surface area contributed by atoms with Crippen LogP contribution in [-0.2, 0) is 4.74 Å². The van der Waals surface area contributed by atoms with Crippen LogP contribution in [0.15, 0.2) is 0 Å². The number of morpholine rings is 1. The van der Waals surface area contributed by atoms with Gasteiger partial charge in [0.1, 0.15) is 0 Å². The van der Waals surface area contributed by atoms with Crippen LogP contribution in [0.2, 0.25) is 0 Å². The van der Waals surface area contributed by atoms with Gasteiger partial charge in [-0.25, -0.2) is 0 Å². The molecule has 3 nitrogen and oxygen atoms in total. The Kier molecular flexibility index (Phi) is 4.22. The highest BCUT2D eigenvalue weighted by molar-refractivity contribution is 4.89. The summed E-state index contributed by atoms with van der Waals surface area (Å²) in [6.07, 6.45) is 10.4. The van der Waals surface area contributed by atoms with Crippen LogP contribution in [-0.4, -0.2) is 50.3 Å². The zero-order valence-corrected chi connectivity index (χ0v) is 11.6. The van der Waals surface area contributed by atoms with Crippen LogP contribution in [0.5, 0.6) is 0 Å². The van der Waals surface area contributed by atoms with Gasteiger partial charge in [0.15, 0.2) is 0 Å². The second-order valence-electron chi connectivity index (χ2n) is 6.59. The Hall–Kier alpha value is -0.120. The maximum atomic E-state index is 5.54. The first-order chi connectivity index (χ1) is 8.86. The fourth-order valence-corrected chi connectivity index (χ4v) is 4.06. The standard InChI is InChI=1S/C15H28N2O/c1-2-4-15(5-3-1)6-9-17(10-7-15)12-14-13-18-11-8-16-14/h14,16H,1-13H2. The molecule has 2 aliphatic heterocycles. The average molecular weight is 252 g/mol. The molecule has 3 fully saturated rings. The molecule has 2 saturated heterocycles. The molecule has 3 aliphatic rings. The van der Waals surface area contributed by atoms with Crippen molar-refractivity contribution in [2.24, 2.45) is 5.41 Å². The Balaban J connectivity index is 1.44. The first-order valence-electron chi connectivity index (χ1n) is 7.90. The van der Waals surface area contributed by atoms with Crippen molar-refractivity contribution < 1.29 is 4.74 Å². The maximum absolute atomic E-state index is 5.54. The topological polar surface area (TPSA) is 24.5 Å². The predicted molar refractivity (Wildman–Crippen MR) is 73.8 cm³/mol. The monoisotopic (exact) mass is 252 g/mol. The van der Waals surface area contributed by atoms with E-state index in [1.165, 1.54) is 64.6 Å². The van der Waals surface area contributed by atoms with Crippen LogP contribution >= 0.6 is 0 Å². The van der Waals surface area contributed by atoms with E-state index in [1.807, 2.05) is 0 Å². The SMILES string of the molecule is C1CCC2(CC1)CCN(CC1COCCN1)CC2. The van der Waals surface area contributed by atoms with Crippen LogP contribution < -0.4 is 5.32 Å². The summed E-state index contributed by atoms with van der Waals surface area (Å²) in [4.78, 5) is 2.66. The molecular weight excluding hydrogens is 224 g/mol. The molecular formula is C15H28N2O. The molecule has 104 valence electrons. The summed E-state index contributed by atoms with van der Waals surface area (Å²) in [6.45, 7) is 6.65. The van der Waals surface area contributed by atoms with Gasteiger partial charge in [0.05, 0.1) is 13.2 Å². The summed E-state index contributed by atoms with van der Waals surface area (Å²) in [6, 6.07) is 0.569. The number of nitrogens with one attached hydrogen (secondary N) is 1. The van der Waals surface area contributed by atoms with Gasteiger partial charge < -0.3 is 15.0 Å². The van der Waals surface area contributed by atoms with Gasteiger partial charge in [-0.3, -0.25) is 0 Å². The van der Waals surface area contributed by atoms with E-state index >= 15 is 0 Å². The lowest BCUT2D eigenvalue weighted by molar-refractivity contribution is 0.0331. The molecule has 1 spiro atoms. The molecule has 0 aromatic heterocycles. The van der Waals surface area contributed by atoms with Gasteiger partial charge >= 0.3 is 0 Å². The summed E-state index contributed by atoms with van der Waals surface area (Å²) in [7, 11) is 0. The maximum Gasteiger partial charge on any atom is 0.0632 e. The van der Waals surface area contributed by atoms with Gasteiger partial charge in [0.2, 0.25) is 0 Å². The third-order valence-corrected chi connectivity index (χ3v) is 5.31. The quantitative estimate of drug-likeness (QED) is 0.814. The van der Waals surface area contributed by atoms with Crippen molar-refractivity contribution >= 4 is 0 Å². The molecule has 0 amide bonds. The van der Waals surface area contributed by atoms with E-state index in [-0.39, 0.29) is 0 Å². The molecule has 1 N–H and O–H groups in total. The Morgan fingerprint density at radius 2 is 1.83 bits per heavy atom. The number of ether oxygens (including phenoxy) is 1. The highest BCUT2D eigenvalue weighted by atomic mass is 16.5. The smallest absolute Gasteiger partial charge is 0.0632 e. The van der Waals surface area contributed by atoms with Crippen molar-refractivity contribution in [2.75, 3.05) is 39.4 Å². The van der Waals surface area contributed by atoms with Gasteiger partial charge in [0.25, 0.3) is 0 Å². The molecule has 0 aromatic rings. The van der Waals surface area contributed by atoms with Crippen LogP contribution in [0, 0.1) is 5.41 Å². The van der Waals surface area contributed by atoms with Gasteiger partial charge in [-0.05, 0) is 44.2 Å². The van der Waals surface area contributed by atoms with Crippen LogP contribution in [0.25, 0.3) is 0 Å². The van der Waals surface area contributed by atoms with Crippen LogP contribution in [0.1, 0.15) is 44.9 Å². The molecule has 1 saturated carbocycles. The highest BCUT2D eigenvalue weighted by Gasteiger charge is 2.35. The largest absolute Gasteiger partial charge is 0.378 e. The lowest BCUT2D eigenvalue weighted by Crippen LogP contribution is -2.51. The zero-order valence-electron chi connectivity index (χ0n) is 11.6. The molecule has 1 aliphatic carbocycles. The summed E-state index contributed by atoms with van der Waals surface area (Å²) < 4.78 is 5.54. The second kappa shape index (κ2) is 5.89. The number of hydrogen-bond donors (Lipinski definition) is 1. The third kappa shape index (κ3) is 3.06. The Labute approximate surface area is 111 Å². The van der Waals surface area contributed by atoms with Gasteiger partial charge in [-0.2, -0.15) is 0 Å². The predicted octanol–water partition coefficient (Wildman–Crippen LogP) is 2.02. The van der Waals surface area contributed by atoms with E-state index in [9.17, 15) is 0 Å². The lowest BCUT2D eigenvalue weighted by Gasteiger charge is -2.45. The van der Waals surface area contributed by atoms with E-state index < -0.39 is 0 Å². The third-order valence-electron chi connectivity index (χ3n) is 5.31. The second-order valence-corrected chi connectivity index (χ2v) is 6.59. The number of likely N-dealkylation sites (tertiary alicyclic amines) is 1. The van der Waals surface area contributed by atoms with Crippen molar-refractivity contribution in [3.05, 3.63) is 0 Å². The minimum Gasteiger partial charge on any atom is -0.378 e. The minimum absolute atomic E-state index is 0.569.